The lowest BCUT2D eigenvalue weighted by atomic mass is 9.93. The summed E-state index contributed by atoms with van der Waals surface area (Å²) < 4.78 is 0. The van der Waals surface area contributed by atoms with Gasteiger partial charge in [0, 0.05) is 0 Å². The number of aromatic hydroxyl groups is 4. The number of hydrogen-bond acceptors (Lipinski definition) is 4. The maximum atomic E-state index is 10.3. The van der Waals surface area contributed by atoms with E-state index in [0.29, 0.717) is 25.7 Å². The Morgan fingerprint density at radius 1 is 0.281 bits per heavy atom. The van der Waals surface area contributed by atoms with Crippen molar-refractivity contribution in [2.75, 3.05) is 0 Å². The molecule has 0 saturated carbocycles. The third-order valence-electron chi connectivity index (χ3n) is 5.78. The van der Waals surface area contributed by atoms with Crippen molar-refractivity contribution >= 4 is 0 Å². The zero-order valence-corrected chi connectivity index (χ0v) is 17.5. The Balaban J connectivity index is 1.66. The molecule has 1 aliphatic carbocycles. The van der Waals surface area contributed by atoms with Crippen LogP contribution in [-0.4, -0.2) is 20.4 Å². The fourth-order valence-corrected chi connectivity index (χ4v) is 4.73. The molecule has 0 aliphatic heterocycles. The molecule has 4 N–H and O–H groups in total. The largest absolute Gasteiger partial charge is 0.508 e. The predicted octanol–water partition coefficient (Wildman–Crippen LogP) is 5.19. The lowest BCUT2D eigenvalue weighted by molar-refractivity contribution is 0.473. The Kier molecular flexibility index (Phi) is 4.98. The average molecular weight is 424 g/mol. The Morgan fingerprint density at radius 2 is 0.438 bits per heavy atom. The van der Waals surface area contributed by atoms with Crippen LogP contribution in [0.5, 0.6) is 23.0 Å². The summed E-state index contributed by atoms with van der Waals surface area (Å²) >= 11 is 0. The van der Waals surface area contributed by atoms with Crippen molar-refractivity contribution < 1.29 is 20.4 Å². The first-order chi connectivity index (χ1) is 15.4. The molecule has 0 spiro atoms. The summed E-state index contributed by atoms with van der Waals surface area (Å²) in [6.07, 6.45) is 2.28. The van der Waals surface area contributed by atoms with Gasteiger partial charge in [0.2, 0.25) is 0 Å². The molecule has 0 saturated heterocycles. The number of fused-ring (bicyclic) bond motifs is 8. The van der Waals surface area contributed by atoms with Crippen molar-refractivity contribution in [3.05, 3.63) is 117 Å². The van der Waals surface area contributed by atoms with Gasteiger partial charge in [-0.25, -0.2) is 0 Å². The monoisotopic (exact) mass is 424 g/mol. The standard InChI is InChI=1S/C28H24O4/c29-25-9-17-1-18(10-25)6-20-3-22(14-27(31)12-20)8-24-4-23(15-28(32)16-24)7-21-2-19(5-17)11-26(30)13-21/h1-4,9-16,29-32H,5-8H2. The van der Waals surface area contributed by atoms with Gasteiger partial charge < -0.3 is 20.4 Å². The first kappa shape index (κ1) is 20.0. The van der Waals surface area contributed by atoms with Gasteiger partial charge in [0.1, 0.15) is 23.0 Å². The zero-order valence-electron chi connectivity index (χ0n) is 17.5. The van der Waals surface area contributed by atoms with Crippen LogP contribution >= 0.6 is 0 Å². The topological polar surface area (TPSA) is 80.9 Å². The second-order valence-electron chi connectivity index (χ2n) is 8.74. The molecule has 0 amide bonds. The Bertz CT molecular complexity index is 1040. The van der Waals surface area contributed by atoms with Crippen LogP contribution in [0.4, 0.5) is 0 Å². The fourth-order valence-electron chi connectivity index (χ4n) is 4.73. The minimum absolute atomic E-state index is 0.199. The third-order valence-corrected chi connectivity index (χ3v) is 5.78. The molecule has 0 heterocycles. The van der Waals surface area contributed by atoms with Gasteiger partial charge in [-0.3, -0.25) is 0 Å². The van der Waals surface area contributed by atoms with Crippen LogP contribution in [0.2, 0.25) is 0 Å². The van der Waals surface area contributed by atoms with E-state index in [1.807, 2.05) is 0 Å². The number of benzene rings is 4. The van der Waals surface area contributed by atoms with Crippen LogP contribution in [-0.2, 0) is 25.7 Å². The van der Waals surface area contributed by atoms with Gasteiger partial charge >= 0.3 is 0 Å². The van der Waals surface area contributed by atoms with E-state index in [9.17, 15) is 20.4 Å². The predicted molar refractivity (Wildman–Crippen MR) is 124 cm³/mol. The molecule has 4 heteroatoms. The second kappa shape index (κ2) is 7.97. The van der Waals surface area contributed by atoms with Gasteiger partial charge in [0.05, 0.1) is 0 Å². The van der Waals surface area contributed by atoms with Crippen LogP contribution in [0.3, 0.4) is 0 Å². The molecule has 0 atom stereocenters. The van der Waals surface area contributed by atoms with E-state index >= 15 is 0 Å². The third kappa shape index (κ3) is 4.54. The lowest BCUT2D eigenvalue weighted by Gasteiger charge is -2.13. The fraction of sp³-hybridized carbons (Fsp3) is 0.143. The molecule has 4 nitrogen and oxygen atoms in total. The summed E-state index contributed by atoms with van der Waals surface area (Å²) in [4.78, 5) is 0. The zero-order chi connectivity index (χ0) is 22.2. The molecule has 160 valence electrons. The van der Waals surface area contributed by atoms with E-state index in [2.05, 4.69) is 24.3 Å². The van der Waals surface area contributed by atoms with Crippen molar-refractivity contribution in [2.45, 2.75) is 25.7 Å². The maximum Gasteiger partial charge on any atom is 0.116 e. The summed E-state index contributed by atoms with van der Waals surface area (Å²) in [7, 11) is 0. The molecule has 32 heavy (non-hydrogen) atoms. The van der Waals surface area contributed by atoms with E-state index in [4.69, 9.17) is 0 Å². The molecule has 4 aromatic rings. The van der Waals surface area contributed by atoms with Crippen LogP contribution in [0.25, 0.3) is 0 Å². The number of rotatable bonds is 0. The van der Waals surface area contributed by atoms with E-state index in [0.717, 1.165) is 44.5 Å². The summed E-state index contributed by atoms with van der Waals surface area (Å²) in [5, 5.41) is 41.2. The van der Waals surface area contributed by atoms with Crippen molar-refractivity contribution in [3.8, 4) is 23.0 Å². The van der Waals surface area contributed by atoms with E-state index in [-0.39, 0.29) is 23.0 Å². The minimum Gasteiger partial charge on any atom is -0.508 e. The Hall–Kier alpha value is -3.92. The number of hydrogen-bond donors (Lipinski definition) is 4. The van der Waals surface area contributed by atoms with Crippen molar-refractivity contribution in [1.82, 2.24) is 0 Å². The summed E-state index contributed by atoms with van der Waals surface area (Å²) in [5.74, 6) is 0.796. The smallest absolute Gasteiger partial charge is 0.116 e. The molecule has 0 radical (unpaired) electrons. The van der Waals surface area contributed by atoms with E-state index in [1.165, 1.54) is 0 Å². The molecule has 0 unspecified atom stereocenters. The van der Waals surface area contributed by atoms with Crippen LogP contribution in [0.1, 0.15) is 44.5 Å². The molecule has 1 aliphatic rings. The van der Waals surface area contributed by atoms with E-state index < -0.39 is 0 Å². The summed E-state index contributed by atoms with van der Waals surface area (Å²) in [6, 6.07) is 22.2. The van der Waals surface area contributed by atoms with Crippen molar-refractivity contribution in [1.29, 1.82) is 0 Å². The van der Waals surface area contributed by atoms with Crippen molar-refractivity contribution in [2.24, 2.45) is 0 Å². The molecular weight excluding hydrogens is 400 g/mol. The molecule has 0 aromatic heterocycles. The highest BCUT2D eigenvalue weighted by atomic mass is 16.3. The van der Waals surface area contributed by atoms with Crippen LogP contribution < -0.4 is 0 Å². The van der Waals surface area contributed by atoms with Gasteiger partial charge in [0.15, 0.2) is 0 Å². The summed E-state index contributed by atoms with van der Waals surface area (Å²) in [6.45, 7) is 0. The first-order valence-electron chi connectivity index (χ1n) is 10.7. The SMILES string of the molecule is Oc1cc2cc(c1)Cc1cc(O)cc(c1)Cc1cc(O)cc(c1)Cc1cc(O)cc(c1)C2. The lowest BCUT2D eigenvalue weighted by Crippen LogP contribution is -1.98. The van der Waals surface area contributed by atoms with E-state index in [1.54, 1.807) is 48.5 Å². The van der Waals surface area contributed by atoms with Crippen molar-refractivity contribution in [3.63, 3.8) is 0 Å². The molecular formula is C28H24O4. The highest BCUT2D eigenvalue weighted by Gasteiger charge is 2.11. The number of phenols is 4. The van der Waals surface area contributed by atoms with Crippen LogP contribution in [0.15, 0.2) is 72.8 Å². The Morgan fingerprint density at radius 3 is 0.594 bits per heavy atom. The molecule has 0 fully saturated rings. The maximum absolute atomic E-state index is 10.3. The normalized spacial score (nSPS) is 13.0. The summed E-state index contributed by atoms with van der Waals surface area (Å²) in [5.41, 5.74) is 7.58. The van der Waals surface area contributed by atoms with Gasteiger partial charge in [0.25, 0.3) is 0 Å². The van der Waals surface area contributed by atoms with Gasteiger partial charge in [-0.2, -0.15) is 0 Å². The van der Waals surface area contributed by atoms with Gasteiger partial charge in [-0.05, 0) is 119 Å². The van der Waals surface area contributed by atoms with Gasteiger partial charge in [-0.15, -0.1) is 0 Å². The first-order valence-corrected chi connectivity index (χ1v) is 10.7. The molecule has 4 aromatic carbocycles. The molecule has 5 rings (SSSR count). The Labute approximate surface area is 186 Å². The highest BCUT2D eigenvalue weighted by molar-refractivity contribution is 5.46. The quantitative estimate of drug-likeness (QED) is 0.276. The minimum atomic E-state index is 0.199. The average Bonchev–Trinajstić information content (AvgIpc) is 2.65. The highest BCUT2D eigenvalue weighted by Crippen LogP contribution is 2.28. The van der Waals surface area contributed by atoms with Crippen LogP contribution in [0, 0.1) is 0 Å². The second-order valence-corrected chi connectivity index (χ2v) is 8.74. The number of phenolic OH excluding ortho intramolecular Hbond substituents is 4. The van der Waals surface area contributed by atoms with Gasteiger partial charge in [-0.1, -0.05) is 24.3 Å². The molecule has 8 bridgehead atoms.